The summed E-state index contributed by atoms with van der Waals surface area (Å²) in [5.74, 6) is 0.840. The molecule has 1 amide bonds. The number of alkyl halides is 9. The Morgan fingerprint density at radius 3 is 2.29 bits per heavy atom. The summed E-state index contributed by atoms with van der Waals surface area (Å²) in [6, 6.07) is 5.89. The van der Waals surface area contributed by atoms with Gasteiger partial charge in [0.1, 0.15) is 35.1 Å². The Hall–Kier alpha value is -5.23. The van der Waals surface area contributed by atoms with Gasteiger partial charge in [0.05, 0.1) is 46.4 Å². The number of halogens is 11. The number of anilines is 1. The summed E-state index contributed by atoms with van der Waals surface area (Å²) in [7, 11) is 0. The van der Waals surface area contributed by atoms with Crippen molar-refractivity contribution in [3.63, 3.8) is 0 Å². The maximum Gasteiger partial charge on any atom is 0.435 e. The Kier molecular flexibility index (Phi) is 10.5. The molecule has 5 aliphatic rings. The number of hydrogen-bond donors (Lipinski definition) is 0. The largest absolute Gasteiger partial charge is 0.461 e. The van der Waals surface area contributed by atoms with Gasteiger partial charge in [0.25, 0.3) is 0 Å². The van der Waals surface area contributed by atoms with E-state index in [4.69, 9.17) is 25.9 Å². The first-order valence-electron chi connectivity index (χ1n) is 21.0. The van der Waals surface area contributed by atoms with Gasteiger partial charge in [-0.3, -0.25) is 9.80 Å². The van der Waals surface area contributed by atoms with E-state index in [-0.39, 0.29) is 76.9 Å². The summed E-state index contributed by atoms with van der Waals surface area (Å²) in [4.78, 5) is 32.8. The summed E-state index contributed by atoms with van der Waals surface area (Å²) in [5.41, 5.74) is -8.80. The number of aryl methyl sites for hydroxylation is 1. The zero-order chi connectivity index (χ0) is 46.8. The Morgan fingerprint density at radius 1 is 0.892 bits per heavy atom. The van der Waals surface area contributed by atoms with Crippen molar-refractivity contribution in [2.45, 2.75) is 125 Å². The van der Waals surface area contributed by atoms with Gasteiger partial charge in [-0.15, -0.1) is 6.42 Å². The summed E-state index contributed by atoms with van der Waals surface area (Å²) in [5, 5.41) is 0.913. The van der Waals surface area contributed by atoms with Crippen molar-refractivity contribution < 1.29 is 67.3 Å². The topological polar surface area (TPSA) is 93.2 Å². The van der Waals surface area contributed by atoms with Gasteiger partial charge < -0.3 is 19.1 Å². The highest BCUT2D eigenvalue weighted by Gasteiger charge is 2.86. The van der Waals surface area contributed by atoms with Crippen LogP contribution in [0.5, 0.6) is 6.01 Å². The number of rotatable bonds is 6. The van der Waals surface area contributed by atoms with Gasteiger partial charge >= 0.3 is 36.2 Å². The lowest BCUT2D eigenvalue weighted by molar-refractivity contribution is -0.463. The number of carbonyl (C=O) groups is 1. The molecular weight excluding hydrogens is 885 g/mol. The maximum atomic E-state index is 17.5. The van der Waals surface area contributed by atoms with E-state index < -0.39 is 90.7 Å². The standard InChI is InChI=1S/C44H41F11N6O4/c1-5-25-27(45)12-10-22-8-6-9-26(31(22)25)34-33(46)35-32-28(56-34)13-15-29-30-14-11-23(61(30)38(62)65-39(2,3)4)19-60(29)36(32)58-37(57-35)63-21-40-16-7-17-59(40)20-24(18-40)64-41(42(47,48)49,43(50,51)52)44(53,54)55/h1,6,8-10,12,23-24,29-30H,7,11,13-21H2,2-4H3/t23-,24-,29-,30+,40-/m1/s1. The second-order valence-electron chi connectivity index (χ2n) is 18.4. The second kappa shape index (κ2) is 15.2. The summed E-state index contributed by atoms with van der Waals surface area (Å²) < 4.78 is 174. The minimum atomic E-state index is -6.91. The normalized spacial score (nSPS) is 24.9. The zero-order valence-corrected chi connectivity index (χ0v) is 35.0. The van der Waals surface area contributed by atoms with E-state index in [0.29, 0.717) is 36.8 Å². The van der Waals surface area contributed by atoms with E-state index >= 15 is 8.78 Å². The third kappa shape index (κ3) is 7.15. The number of nitrogens with zero attached hydrogens (tertiary/aromatic N) is 6. The zero-order valence-electron chi connectivity index (χ0n) is 35.0. The number of pyridine rings is 1. The lowest BCUT2D eigenvalue weighted by Crippen LogP contribution is -2.68. The molecule has 0 unspecified atom stereocenters. The van der Waals surface area contributed by atoms with Crippen LogP contribution in [0.15, 0.2) is 30.3 Å². The van der Waals surface area contributed by atoms with E-state index in [1.54, 1.807) is 37.8 Å². The van der Waals surface area contributed by atoms with Crippen LogP contribution >= 0.6 is 0 Å². The quantitative estimate of drug-likeness (QED) is 0.139. The Balaban J connectivity index is 1.13. The summed E-state index contributed by atoms with van der Waals surface area (Å²) >= 11 is 0. The molecule has 10 nitrogen and oxygen atoms in total. The molecule has 0 saturated carbocycles. The maximum absolute atomic E-state index is 17.5. The molecule has 2 aromatic carbocycles. The highest BCUT2D eigenvalue weighted by atomic mass is 19.4. The first-order valence-corrected chi connectivity index (χ1v) is 21.0. The van der Waals surface area contributed by atoms with Crippen LogP contribution in [0.25, 0.3) is 32.9 Å². The average Bonchev–Trinajstić information content (AvgIpc) is 3.82. The van der Waals surface area contributed by atoms with Crippen LogP contribution in [0.1, 0.15) is 70.6 Å². The smallest absolute Gasteiger partial charge is 0.435 e. The van der Waals surface area contributed by atoms with E-state index in [2.05, 4.69) is 15.6 Å². The highest BCUT2D eigenvalue weighted by molar-refractivity contribution is 6.03. The number of fused-ring (bicyclic) bond motifs is 7. The molecule has 65 heavy (non-hydrogen) atoms. The Morgan fingerprint density at radius 2 is 1.62 bits per heavy atom. The van der Waals surface area contributed by atoms with Gasteiger partial charge in [0.2, 0.25) is 0 Å². The van der Waals surface area contributed by atoms with E-state index in [1.807, 2.05) is 4.90 Å². The van der Waals surface area contributed by atoms with Crippen molar-refractivity contribution in [3.05, 3.63) is 53.2 Å². The number of ether oxygens (including phenoxy) is 3. The number of hydrogen-bond acceptors (Lipinski definition) is 9. The van der Waals surface area contributed by atoms with Crippen LogP contribution in [-0.2, 0) is 15.9 Å². The molecule has 0 spiro atoms. The molecule has 4 fully saturated rings. The first-order chi connectivity index (χ1) is 30.4. The fourth-order valence-electron chi connectivity index (χ4n) is 10.7. The Bertz CT molecular complexity index is 2590. The van der Waals surface area contributed by atoms with Crippen molar-refractivity contribution in [3.8, 4) is 29.6 Å². The summed E-state index contributed by atoms with van der Waals surface area (Å²) in [6.45, 7) is 4.33. The molecule has 0 radical (unpaired) electrons. The van der Waals surface area contributed by atoms with E-state index in [0.717, 1.165) is 0 Å². The van der Waals surface area contributed by atoms with Crippen molar-refractivity contribution in [1.82, 2.24) is 24.8 Å². The van der Waals surface area contributed by atoms with Crippen molar-refractivity contribution in [1.29, 1.82) is 0 Å². The Labute approximate surface area is 364 Å². The lowest BCUT2D eigenvalue weighted by Gasteiger charge is -2.47. The molecule has 2 aromatic heterocycles. The summed E-state index contributed by atoms with van der Waals surface area (Å²) in [6.07, 6.45) is -16.1. The third-order valence-electron chi connectivity index (χ3n) is 13.3. The van der Waals surface area contributed by atoms with Gasteiger partial charge in [-0.25, -0.2) is 18.6 Å². The molecule has 7 heterocycles. The van der Waals surface area contributed by atoms with Gasteiger partial charge in [0, 0.05) is 24.0 Å². The number of terminal acetylenes is 1. The molecule has 2 bridgehead atoms. The van der Waals surface area contributed by atoms with Gasteiger partial charge in [-0.1, -0.05) is 30.2 Å². The predicted molar refractivity (Wildman–Crippen MR) is 212 cm³/mol. The molecule has 5 aliphatic heterocycles. The molecule has 0 N–H and O–H groups in total. The number of benzene rings is 2. The second-order valence-corrected chi connectivity index (χ2v) is 18.4. The van der Waals surface area contributed by atoms with Gasteiger partial charge in [-0.2, -0.15) is 49.5 Å². The van der Waals surface area contributed by atoms with E-state index in [1.165, 1.54) is 23.1 Å². The van der Waals surface area contributed by atoms with Crippen LogP contribution in [-0.4, -0.2) is 117 Å². The SMILES string of the molecule is C#Cc1c(F)ccc2cccc(-c3nc4c5c(nc(OC[C@]67CCCN6C[C@H](OC(C(F)(F)F)(C(F)(F)F)C(F)(F)F)C7)nc5c3F)N3C[C@H]5CC[C@@H]([C@H]3CC4)N5C(=O)OC(C)(C)C)c12. The average molecular weight is 927 g/mol. The number of amides is 1. The minimum Gasteiger partial charge on any atom is -0.461 e. The minimum absolute atomic E-state index is 0.0874. The van der Waals surface area contributed by atoms with Gasteiger partial charge in [-0.05, 0) is 83.7 Å². The molecule has 4 aromatic rings. The van der Waals surface area contributed by atoms with Crippen LogP contribution in [0.3, 0.4) is 0 Å². The first kappa shape index (κ1) is 44.9. The van der Waals surface area contributed by atoms with E-state index in [9.17, 15) is 44.3 Å². The van der Waals surface area contributed by atoms with Crippen molar-refractivity contribution in [2.75, 3.05) is 31.1 Å². The van der Waals surface area contributed by atoms with Crippen molar-refractivity contribution in [2.24, 2.45) is 0 Å². The fraction of sp³-hybridized carbons (Fsp3) is 0.545. The molecule has 5 atom stereocenters. The lowest BCUT2D eigenvalue weighted by atomic mass is 9.93. The van der Waals surface area contributed by atoms with Crippen LogP contribution < -0.4 is 9.64 Å². The number of piperazine rings is 1. The highest BCUT2D eigenvalue weighted by Crippen LogP contribution is 2.57. The van der Waals surface area contributed by atoms with Crippen LogP contribution in [0.4, 0.5) is 58.9 Å². The number of aromatic nitrogens is 3. The monoisotopic (exact) mass is 926 g/mol. The molecule has 4 saturated heterocycles. The third-order valence-corrected chi connectivity index (χ3v) is 13.3. The van der Waals surface area contributed by atoms with Gasteiger partial charge in [0.15, 0.2) is 5.82 Å². The van der Waals surface area contributed by atoms with Crippen molar-refractivity contribution >= 4 is 33.6 Å². The molecular formula is C44H41F11N6O4. The van der Waals surface area contributed by atoms with Crippen LogP contribution in [0.2, 0.25) is 0 Å². The number of carbonyl (C=O) groups excluding carboxylic acids is 1. The molecule has 0 aliphatic carbocycles. The molecule has 348 valence electrons. The van der Waals surface area contributed by atoms with Crippen LogP contribution in [0, 0.1) is 24.0 Å². The molecule has 21 heteroatoms. The molecule has 9 rings (SSSR count). The fourth-order valence-corrected chi connectivity index (χ4v) is 10.7. The predicted octanol–water partition coefficient (Wildman–Crippen LogP) is 9.44.